The number of nitrogens with one attached hydrogen (secondary N) is 1. The summed E-state index contributed by atoms with van der Waals surface area (Å²) in [6.07, 6.45) is -4.35. The van der Waals surface area contributed by atoms with Crippen molar-refractivity contribution < 1.29 is 27.6 Å². The Morgan fingerprint density at radius 3 is 2.54 bits per heavy atom. The molecule has 1 N–H and O–H groups in total. The van der Waals surface area contributed by atoms with Crippen LogP contribution in [0.1, 0.15) is 41.8 Å². The van der Waals surface area contributed by atoms with Crippen LogP contribution >= 0.6 is 0 Å². The van der Waals surface area contributed by atoms with Crippen molar-refractivity contribution >= 4 is 17.4 Å². The molecule has 9 nitrogen and oxygen atoms in total. The number of hydrogen-bond donors (Lipinski definition) is 1. The van der Waals surface area contributed by atoms with Gasteiger partial charge in [-0.3, -0.25) is 14.9 Å². The van der Waals surface area contributed by atoms with Gasteiger partial charge in [0.1, 0.15) is 11.8 Å². The maximum atomic E-state index is 13.4. The standard InChI is InChI=1S/C23H18F3N5O4/c1-35-16-7-5-12(6-8-16)14-10-17-19(18(32)11-14)20(13-3-2-4-15(9-13)31(33)34)30-22(27-17)28-21(29-30)23(24,25)26/h2-9,14,20H,10-11H2,1H3,(H,27,28,29)/t14-,20-/m0/s1. The van der Waals surface area contributed by atoms with E-state index in [4.69, 9.17) is 4.74 Å². The smallest absolute Gasteiger partial charge is 0.453 e. The van der Waals surface area contributed by atoms with E-state index in [0.717, 1.165) is 10.2 Å². The van der Waals surface area contributed by atoms with Crippen LogP contribution in [0.25, 0.3) is 0 Å². The third-order valence-corrected chi connectivity index (χ3v) is 6.16. The van der Waals surface area contributed by atoms with Crippen molar-refractivity contribution in [1.29, 1.82) is 0 Å². The molecular formula is C23H18F3N5O4. The van der Waals surface area contributed by atoms with Crippen LogP contribution in [-0.2, 0) is 11.0 Å². The maximum absolute atomic E-state index is 13.4. The number of rotatable bonds is 4. The van der Waals surface area contributed by atoms with Gasteiger partial charge in [-0.1, -0.05) is 24.3 Å². The molecular weight excluding hydrogens is 467 g/mol. The average molecular weight is 485 g/mol. The third-order valence-electron chi connectivity index (χ3n) is 6.16. The number of nitrogens with zero attached hydrogens (tertiary/aromatic N) is 4. The van der Waals surface area contributed by atoms with Crippen LogP contribution in [0.15, 0.2) is 59.8 Å². The lowest BCUT2D eigenvalue weighted by atomic mass is 9.78. The monoisotopic (exact) mass is 485 g/mol. The number of anilines is 1. The van der Waals surface area contributed by atoms with Gasteiger partial charge in [0.15, 0.2) is 5.78 Å². The van der Waals surface area contributed by atoms with Gasteiger partial charge in [-0.05, 0) is 35.6 Å². The molecule has 0 unspecified atom stereocenters. The molecule has 0 saturated heterocycles. The number of nitro benzene ring substituents is 1. The predicted molar refractivity (Wildman–Crippen MR) is 117 cm³/mol. The van der Waals surface area contributed by atoms with Crippen molar-refractivity contribution in [3.05, 3.63) is 86.9 Å². The number of benzene rings is 2. The number of methoxy groups -OCH3 is 1. The second kappa shape index (κ2) is 8.22. The van der Waals surface area contributed by atoms with Gasteiger partial charge in [0.05, 0.1) is 12.0 Å². The average Bonchev–Trinajstić information content (AvgIpc) is 3.27. The number of halogens is 3. The summed E-state index contributed by atoms with van der Waals surface area (Å²) in [5.41, 5.74) is 1.54. The summed E-state index contributed by atoms with van der Waals surface area (Å²) in [7, 11) is 1.54. The Kier molecular flexibility index (Phi) is 5.30. The quantitative estimate of drug-likeness (QED) is 0.424. The largest absolute Gasteiger partial charge is 0.497 e. The van der Waals surface area contributed by atoms with E-state index >= 15 is 0 Å². The Bertz CT molecular complexity index is 1360. The molecule has 0 saturated carbocycles. The van der Waals surface area contributed by atoms with Gasteiger partial charge in [-0.25, -0.2) is 4.68 Å². The normalized spacial score (nSPS) is 19.6. The van der Waals surface area contributed by atoms with Crippen LogP contribution in [0.2, 0.25) is 0 Å². The summed E-state index contributed by atoms with van der Waals surface area (Å²) >= 11 is 0. The minimum absolute atomic E-state index is 0.119. The maximum Gasteiger partial charge on any atom is 0.453 e. The highest BCUT2D eigenvalue weighted by Crippen LogP contribution is 2.45. The number of non-ortho nitro benzene ring substituents is 1. The van der Waals surface area contributed by atoms with Gasteiger partial charge in [0, 0.05) is 29.8 Å². The van der Waals surface area contributed by atoms with Crippen LogP contribution in [-0.4, -0.2) is 32.6 Å². The van der Waals surface area contributed by atoms with Crippen molar-refractivity contribution in [2.24, 2.45) is 0 Å². The number of carbonyl (C=O) groups excluding carboxylic acids is 1. The summed E-state index contributed by atoms with van der Waals surface area (Å²) in [5, 5.41) is 17.8. The van der Waals surface area contributed by atoms with E-state index in [1.54, 1.807) is 19.2 Å². The Balaban J connectivity index is 1.62. The van der Waals surface area contributed by atoms with Gasteiger partial charge in [0.2, 0.25) is 5.95 Å². The molecule has 12 heteroatoms. The lowest BCUT2D eigenvalue weighted by Crippen LogP contribution is -2.33. The van der Waals surface area contributed by atoms with E-state index in [2.05, 4.69) is 15.4 Å². The van der Waals surface area contributed by atoms with Gasteiger partial charge in [-0.2, -0.15) is 18.2 Å². The van der Waals surface area contributed by atoms with Gasteiger partial charge in [-0.15, -0.1) is 5.10 Å². The second-order valence-corrected chi connectivity index (χ2v) is 8.27. The number of carbonyl (C=O) groups is 1. The Hall–Kier alpha value is -4.22. The Morgan fingerprint density at radius 1 is 1.14 bits per heavy atom. The molecule has 180 valence electrons. The molecule has 35 heavy (non-hydrogen) atoms. The SMILES string of the molecule is COc1ccc([C@@H]2CC(=O)C3=C(C2)Nc2nc(C(F)(F)F)nn2[C@H]3c2cccc([N+](=O)[O-])c2)cc1. The van der Waals surface area contributed by atoms with E-state index in [0.29, 0.717) is 17.9 Å². The zero-order valence-electron chi connectivity index (χ0n) is 18.2. The lowest BCUT2D eigenvalue weighted by Gasteiger charge is -2.35. The molecule has 0 spiro atoms. The van der Waals surface area contributed by atoms with Crippen LogP contribution in [0.5, 0.6) is 5.75 Å². The fourth-order valence-electron chi connectivity index (χ4n) is 4.56. The number of ether oxygens (including phenoxy) is 1. The number of alkyl halides is 3. The van der Waals surface area contributed by atoms with Crippen LogP contribution in [0, 0.1) is 10.1 Å². The van der Waals surface area contributed by atoms with E-state index in [-0.39, 0.29) is 40.9 Å². The molecule has 5 rings (SSSR count). The Labute approximate surface area is 196 Å². The number of aromatic nitrogens is 3. The van der Waals surface area contributed by atoms with Gasteiger partial charge in [0.25, 0.3) is 11.5 Å². The molecule has 0 bridgehead atoms. The number of nitro groups is 1. The lowest BCUT2D eigenvalue weighted by molar-refractivity contribution is -0.384. The summed E-state index contributed by atoms with van der Waals surface area (Å²) in [6.45, 7) is 0. The summed E-state index contributed by atoms with van der Waals surface area (Å²) in [4.78, 5) is 27.7. The second-order valence-electron chi connectivity index (χ2n) is 8.27. The van der Waals surface area contributed by atoms with E-state index < -0.39 is 23.0 Å². The third kappa shape index (κ3) is 4.00. The molecule has 2 aromatic carbocycles. The molecule has 0 radical (unpaired) electrons. The first-order valence-electron chi connectivity index (χ1n) is 10.6. The summed E-state index contributed by atoms with van der Waals surface area (Å²) in [6, 6.07) is 11.6. The molecule has 2 heterocycles. The number of fused-ring (bicyclic) bond motifs is 1. The first kappa shape index (κ1) is 22.6. The van der Waals surface area contributed by atoms with Crippen LogP contribution in [0.4, 0.5) is 24.8 Å². The zero-order chi connectivity index (χ0) is 24.9. The number of allylic oxidation sites excluding steroid dienone is 2. The van der Waals surface area contributed by atoms with Crippen molar-refractivity contribution in [1.82, 2.24) is 14.8 Å². The number of hydrogen-bond acceptors (Lipinski definition) is 7. The number of ketones is 1. The van der Waals surface area contributed by atoms with E-state index in [9.17, 15) is 28.1 Å². The first-order valence-corrected chi connectivity index (χ1v) is 10.6. The highest BCUT2D eigenvalue weighted by molar-refractivity contribution is 6.00. The topological polar surface area (TPSA) is 112 Å². The van der Waals surface area contributed by atoms with Crippen molar-refractivity contribution in [3.63, 3.8) is 0 Å². The predicted octanol–water partition coefficient (Wildman–Crippen LogP) is 4.63. The molecule has 0 fully saturated rings. The van der Waals surface area contributed by atoms with E-state index in [1.165, 1.54) is 24.3 Å². The van der Waals surface area contributed by atoms with Gasteiger partial charge < -0.3 is 10.1 Å². The zero-order valence-corrected chi connectivity index (χ0v) is 18.2. The minimum Gasteiger partial charge on any atom is -0.497 e. The van der Waals surface area contributed by atoms with Crippen molar-refractivity contribution in [2.75, 3.05) is 12.4 Å². The highest BCUT2D eigenvalue weighted by atomic mass is 19.4. The van der Waals surface area contributed by atoms with Crippen molar-refractivity contribution in [2.45, 2.75) is 31.0 Å². The van der Waals surface area contributed by atoms with E-state index in [1.807, 2.05) is 12.1 Å². The number of Topliss-reactive ketones (excluding diaryl/α,β-unsaturated/α-hetero) is 1. The van der Waals surface area contributed by atoms with Crippen LogP contribution < -0.4 is 10.1 Å². The minimum atomic E-state index is -4.81. The molecule has 1 aliphatic carbocycles. The fraction of sp³-hybridized carbons (Fsp3) is 0.261. The molecule has 0 amide bonds. The molecule has 1 aliphatic heterocycles. The van der Waals surface area contributed by atoms with Gasteiger partial charge >= 0.3 is 6.18 Å². The molecule has 2 aliphatic rings. The van der Waals surface area contributed by atoms with Crippen molar-refractivity contribution in [3.8, 4) is 5.75 Å². The first-order chi connectivity index (χ1) is 16.7. The molecule has 1 aromatic heterocycles. The van der Waals surface area contributed by atoms with Crippen LogP contribution in [0.3, 0.4) is 0 Å². The molecule has 3 aromatic rings. The molecule has 2 atom stereocenters. The Morgan fingerprint density at radius 2 is 1.89 bits per heavy atom. The highest BCUT2D eigenvalue weighted by Gasteiger charge is 2.43. The summed E-state index contributed by atoms with van der Waals surface area (Å²) < 4.78 is 46.4. The fourth-order valence-corrected chi connectivity index (χ4v) is 4.56. The summed E-state index contributed by atoms with van der Waals surface area (Å²) in [5.74, 6) is -1.40.